The number of nitrogens with zero attached hydrogens (tertiary/aromatic N) is 3. The zero-order valence-electron chi connectivity index (χ0n) is 10.9. The summed E-state index contributed by atoms with van der Waals surface area (Å²) in [6.07, 6.45) is 2.65. The van der Waals surface area contributed by atoms with Crippen LogP contribution < -0.4 is 5.32 Å². The van der Waals surface area contributed by atoms with Gasteiger partial charge in [-0.15, -0.1) is 0 Å². The molecule has 1 saturated heterocycles. The lowest BCUT2D eigenvalue weighted by Crippen LogP contribution is -2.36. The second kappa shape index (κ2) is 5.49. The van der Waals surface area contributed by atoms with Gasteiger partial charge in [0.1, 0.15) is 6.04 Å². The SMILES string of the molecule is Cc1c(C(C(=O)O)N2CCCNCC2)cnn1C. The first-order valence-electron chi connectivity index (χ1n) is 6.27. The number of rotatable bonds is 3. The highest BCUT2D eigenvalue weighted by Gasteiger charge is 2.30. The standard InChI is InChI=1S/C12H20N4O2/c1-9-10(8-14-15(9)2)11(12(17)18)16-6-3-4-13-5-7-16/h8,11,13H,3-7H2,1-2H3,(H,17,18). The van der Waals surface area contributed by atoms with E-state index in [0.29, 0.717) is 0 Å². The highest BCUT2D eigenvalue weighted by Crippen LogP contribution is 2.24. The molecule has 0 aromatic carbocycles. The highest BCUT2D eigenvalue weighted by atomic mass is 16.4. The Morgan fingerprint density at radius 3 is 2.89 bits per heavy atom. The van der Waals surface area contributed by atoms with E-state index < -0.39 is 12.0 Å². The third-order valence-electron chi connectivity index (χ3n) is 3.54. The number of hydrogen-bond donors (Lipinski definition) is 2. The van der Waals surface area contributed by atoms with Gasteiger partial charge in [-0.05, 0) is 19.9 Å². The van der Waals surface area contributed by atoms with E-state index in [1.165, 1.54) is 0 Å². The Bertz CT molecular complexity index is 422. The molecule has 1 aromatic heterocycles. The first kappa shape index (κ1) is 13.0. The molecule has 2 N–H and O–H groups in total. The third kappa shape index (κ3) is 2.54. The van der Waals surface area contributed by atoms with Crippen LogP contribution in [0.15, 0.2) is 6.20 Å². The van der Waals surface area contributed by atoms with Gasteiger partial charge in [0.2, 0.25) is 0 Å². The summed E-state index contributed by atoms with van der Waals surface area (Å²) in [6.45, 7) is 5.26. The van der Waals surface area contributed by atoms with Gasteiger partial charge in [-0.25, -0.2) is 0 Å². The molecule has 0 aliphatic carbocycles. The number of nitrogens with one attached hydrogen (secondary N) is 1. The minimum atomic E-state index is -0.798. The molecule has 6 nitrogen and oxygen atoms in total. The minimum absolute atomic E-state index is 0.585. The summed E-state index contributed by atoms with van der Waals surface area (Å²) in [5.74, 6) is -0.798. The van der Waals surface area contributed by atoms with Crippen molar-refractivity contribution in [2.24, 2.45) is 7.05 Å². The number of carbonyl (C=O) groups is 1. The number of hydrogen-bond acceptors (Lipinski definition) is 4. The maximum Gasteiger partial charge on any atom is 0.325 e. The molecule has 2 heterocycles. The Morgan fingerprint density at radius 1 is 1.50 bits per heavy atom. The van der Waals surface area contributed by atoms with Gasteiger partial charge in [0.15, 0.2) is 0 Å². The van der Waals surface area contributed by atoms with Crippen molar-refractivity contribution in [1.29, 1.82) is 0 Å². The maximum atomic E-state index is 11.6. The Morgan fingerprint density at radius 2 is 2.28 bits per heavy atom. The highest BCUT2D eigenvalue weighted by molar-refractivity contribution is 5.75. The molecule has 2 rings (SSSR count). The molecule has 100 valence electrons. The fraction of sp³-hybridized carbons (Fsp3) is 0.667. The largest absolute Gasteiger partial charge is 0.480 e. The summed E-state index contributed by atoms with van der Waals surface area (Å²) in [4.78, 5) is 13.6. The van der Waals surface area contributed by atoms with Crippen molar-refractivity contribution >= 4 is 5.97 Å². The average molecular weight is 252 g/mol. The molecule has 18 heavy (non-hydrogen) atoms. The summed E-state index contributed by atoms with van der Waals surface area (Å²) in [7, 11) is 1.84. The molecule has 0 spiro atoms. The molecule has 1 unspecified atom stereocenters. The molecule has 6 heteroatoms. The molecule has 1 aliphatic rings. The number of aromatic nitrogens is 2. The van der Waals surface area contributed by atoms with Crippen LogP contribution in [0.5, 0.6) is 0 Å². The first-order chi connectivity index (χ1) is 8.61. The second-order valence-electron chi connectivity index (χ2n) is 4.69. The quantitative estimate of drug-likeness (QED) is 0.801. The van der Waals surface area contributed by atoms with Crippen LogP contribution in [-0.2, 0) is 11.8 Å². The van der Waals surface area contributed by atoms with E-state index in [0.717, 1.165) is 43.9 Å². The zero-order valence-corrected chi connectivity index (χ0v) is 10.9. The fourth-order valence-corrected chi connectivity index (χ4v) is 2.39. The summed E-state index contributed by atoms with van der Waals surface area (Å²) in [5.41, 5.74) is 1.71. The lowest BCUT2D eigenvalue weighted by Gasteiger charge is -2.26. The number of carboxylic acid groups (broad SMARTS) is 1. The summed E-state index contributed by atoms with van der Waals surface area (Å²) in [6, 6.07) is -0.585. The van der Waals surface area contributed by atoms with Crippen molar-refractivity contribution < 1.29 is 9.90 Å². The van der Waals surface area contributed by atoms with Crippen molar-refractivity contribution in [3.8, 4) is 0 Å². The molecule has 0 saturated carbocycles. The minimum Gasteiger partial charge on any atom is -0.480 e. The van der Waals surface area contributed by atoms with Crippen LogP contribution in [0, 0.1) is 6.92 Å². The van der Waals surface area contributed by atoms with Crippen molar-refractivity contribution in [2.75, 3.05) is 26.2 Å². The smallest absolute Gasteiger partial charge is 0.325 e. The van der Waals surface area contributed by atoms with Crippen LogP contribution in [0.3, 0.4) is 0 Å². The molecular weight excluding hydrogens is 232 g/mol. The van der Waals surface area contributed by atoms with E-state index in [1.54, 1.807) is 10.9 Å². The maximum absolute atomic E-state index is 11.6. The van der Waals surface area contributed by atoms with Gasteiger partial charge in [-0.2, -0.15) is 5.10 Å². The Kier molecular flexibility index (Phi) is 3.98. The summed E-state index contributed by atoms with van der Waals surface area (Å²) in [5, 5.41) is 16.9. The molecule has 1 atom stereocenters. The van der Waals surface area contributed by atoms with Crippen molar-refractivity contribution in [1.82, 2.24) is 20.0 Å². The fourth-order valence-electron chi connectivity index (χ4n) is 2.39. The van der Waals surface area contributed by atoms with E-state index in [9.17, 15) is 9.90 Å². The van der Waals surface area contributed by atoms with Crippen molar-refractivity contribution in [3.05, 3.63) is 17.5 Å². The monoisotopic (exact) mass is 252 g/mol. The van der Waals surface area contributed by atoms with Gasteiger partial charge in [-0.1, -0.05) is 0 Å². The summed E-state index contributed by atoms with van der Waals surface area (Å²) < 4.78 is 1.72. The Balaban J connectivity index is 2.27. The van der Waals surface area contributed by atoms with Gasteiger partial charge in [0.05, 0.1) is 6.20 Å². The topological polar surface area (TPSA) is 70.4 Å². The van der Waals surface area contributed by atoms with Crippen LogP contribution in [0.1, 0.15) is 23.7 Å². The summed E-state index contributed by atoms with van der Waals surface area (Å²) >= 11 is 0. The lowest BCUT2D eigenvalue weighted by molar-refractivity contribution is -0.143. The predicted molar refractivity (Wildman–Crippen MR) is 67.4 cm³/mol. The molecule has 0 bridgehead atoms. The first-order valence-corrected chi connectivity index (χ1v) is 6.27. The van der Waals surface area contributed by atoms with E-state index in [4.69, 9.17) is 0 Å². The Labute approximate surface area is 107 Å². The van der Waals surface area contributed by atoms with Crippen molar-refractivity contribution in [2.45, 2.75) is 19.4 Å². The molecule has 0 amide bonds. The van der Waals surface area contributed by atoms with E-state index in [1.807, 2.05) is 18.9 Å². The molecular formula is C12H20N4O2. The molecule has 0 radical (unpaired) electrons. The van der Waals surface area contributed by atoms with Gasteiger partial charge in [-0.3, -0.25) is 14.4 Å². The predicted octanol–water partition coefficient (Wildman–Crippen LogP) is 0.150. The Hall–Kier alpha value is -1.40. The van der Waals surface area contributed by atoms with Gasteiger partial charge < -0.3 is 10.4 Å². The van der Waals surface area contributed by atoms with Crippen LogP contribution in [0.2, 0.25) is 0 Å². The van der Waals surface area contributed by atoms with Gasteiger partial charge >= 0.3 is 5.97 Å². The van der Waals surface area contributed by atoms with E-state index in [2.05, 4.69) is 10.4 Å². The molecule has 1 aromatic rings. The van der Waals surface area contributed by atoms with Crippen LogP contribution in [0.25, 0.3) is 0 Å². The van der Waals surface area contributed by atoms with Crippen molar-refractivity contribution in [3.63, 3.8) is 0 Å². The van der Waals surface area contributed by atoms with Crippen LogP contribution in [0.4, 0.5) is 0 Å². The zero-order chi connectivity index (χ0) is 13.1. The normalized spacial score (nSPS) is 19.4. The average Bonchev–Trinajstić information content (AvgIpc) is 2.59. The number of carboxylic acids is 1. The second-order valence-corrected chi connectivity index (χ2v) is 4.69. The molecule has 1 aliphatic heterocycles. The van der Waals surface area contributed by atoms with Crippen LogP contribution >= 0.6 is 0 Å². The van der Waals surface area contributed by atoms with E-state index in [-0.39, 0.29) is 0 Å². The van der Waals surface area contributed by atoms with E-state index >= 15 is 0 Å². The van der Waals surface area contributed by atoms with Gasteiger partial charge in [0.25, 0.3) is 0 Å². The number of aryl methyl sites for hydroxylation is 1. The molecule has 1 fully saturated rings. The van der Waals surface area contributed by atoms with Gasteiger partial charge in [0, 0.05) is 37.9 Å². The number of aliphatic carboxylic acids is 1. The third-order valence-corrected chi connectivity index (χ3v) is 3.54. The lowest BCUT2D eigenvalue weighted by atomic mass is 10.1. The van der Waals surface area contributed by atoms with Crippen LogP contribution in [-0.4, -0.2) is 51.9 Å².